The number of methoxy groups -OCH3 is 1. The van der Waals surface area contributed by atoms with Crippen LogP contribution >= 0.6 is 0 Å². The molecule has 0 radical (unpaired) electrons. The first-order valence-electron chi connectivity index (χ1n) is 14.7. The molecule has 1 amide bonds. The number of carbonyl (C=O) groups excluding carboxylic acids is 2. The summed E-state index contributed by atoms with van der Waals surface area (Å²) in [5.74, 6) is 2.03. The van der Waals surface area contributed by atoms with Gasteiger partial charge in [0.1, 0.15) is 0 Å². The van der Waals surface area contributed by atoms with E-state index in [1.807, 2.05) is 76.3 Å². The summed E-state index contributed by atoms with van der Waals surface area (Å²) in [4.78, 5) is 28.0. The van der Waals surface area contributed by atoms with E-state index < -0.39 is 0 Å². The summed E-state index contributed by atoms with van der Waals surface area (Å²) in [7, 11) is 3.51. The molecule has 0 aliphatic carbocycles. The van der Waals surface area contributed by atoms with Crippen LogP contribution in [-0.2, 0) is 23.8 Å². The second-order valence-corrected chi connectivity index (χ2v) is 12.7. The zero-order chi connectivity index (χ0) is 32.3. The highest BCUT2D eigenvalue weighted by Crippen LogP contribution is 2.21. The van der Waals surface area contributed by atoms with Crippen molar-refractivity contribution in [2.45, 2.75) is 155 Å². The van der Waals surface area contributed by atoms with E-state index in [0.717, 1.165) is 5.90 Å². The van der Waals surface area contributed by atoms with Crippen LogP contribution in [0.5, 0.6) is 0 Å². The summed E-state index contributed by atoms with van der Waals surface area (Å²) < 4.78 is 15.6. The third-order valence-corrected chi connectivity index (χ3v) is 5.46. The Balaban J connectivity index is -0.000000210. The Morgan fingerprint density at radius 3 is 1.23 bits per heavy atom. The number of hydrogen-bond donors (Lipinski definition) is 0. The van der Waals surface area contributed by atoms with E-state index in [9.17, 15) is 9.59 Å². The number of ether oxygens (including phenoxy) is 3. The molecule has 0 aromatic heterocycles. The summed E-state index contributed by atoms with van der Waals surface area (Å²) in [6.07, 6.45) is 0.345. The highest BCUT2D eigenvalue weighted by molar-refractivity contribution is 5.78. The van der Waals surface area contributed by atoms with Crippen molar-refractivity contribution >= 4 is 17.8 Å². The van der Waals surface area contributed by atoms with Crippen molar-refractivity contribution in [2.75, 3.05) is 14.2 Å². The van der Waals surface area contributed by atoms with E-state index in [-0.39, 0.29) is 35.4 Å². The second kappa shape index (κ2) is 23.1. The molecule has 0 saturated heterocycles. The quantitative estimate of drug-likeness (QED) is 0.162. The van der Waals surface area contributed by atoms with Crippen LogP contribution in [0.3, 0.4) is 0 Å². The van der Waals surface area contributed by atoms with Crippen LogP contribution in [0.2, 0.25) is 0 Å². The maximum atomic E-state index is 11.2. The van der Waals surface area contributed by atoms with Crippen LogP contribution in [0.1, 0.15) is 125 Å². The molecule has 0 bridgehead atoms. The average Bonchev–Trinajstić information content (AvgIpc) is 2.75. The Bertz CT molecular complexity index is 649. The van der Waals surface area contributed by atoms with E-state index >= 15 is 0 Å². The smallest absolute Gasteiger partial charge is 0.308 e. The maximum Gasteiger partial charge on any atom is 0.308 e. The van der Waals surface area contributed by atoms with Gasteiger partial charge in [0.25, 0.3) is 0 Å². The Morgan fingerprint density at radius 1 is 0.692 bits per heavy atom. The molecule has 7 nitrogen and oxygen atoms in total. The first-order valence-corrected chi connectivity index (χ1v) is 14.7. The van der Waals surface area contributed by atoms with E-state index in [1.165, 1.54) is 0 Å². The van der Waals surface area contributed by atoms with Crippen molar-refractivity contribution in [1.82, 2.24) is 4.90 Å². The van der Waals surface area contributed by atoms with Gasteiger partial charge in [0.05, 0.1) is 30.8 Å². The Morgan fingerprint density at radius 2 is 1.13 bits per heavy atom. The number of amides is 1. The summed E-state index contributed by atoms with van der Waals surface area (Å²) in [5, 5.41) is 0. The fraction of sp³-hybridized carbons (Fsp3) is 0.906. The predicted octanol–water partition coefficient (Wildman–Crippen LogP) is 8.04. The SMILES string of the molecule is CC(C)C(=O)N(C)C(C)C.CC(C)OC(=O)C(C)C.CC(C)OC(C)(C)C(C)C.COC(=NC(C)C)C(C)C. The molecular formula is C32H68N2O5. The number of aliphatic imine (C=N–C) groups is 1. The van der Waals surface area contributed by atoms with E-state index in [2.05, 4.69) is 60.4 Å². The van der Waals surface area contributed by atoms with Gasteiger partial charge in [0.2, 0.25) is 5.91 Å². The van der Waals surface area contributed by atoms with Gasteiger partial charge in [0, 0.05) is 31.0 Å². The molecule has 0 saturated carbocycles. The third-order valence-electron chi connectivity index (χ3n) is 5.46. The van der Waals surface area contributed by atoms with Crippen molar-refractivity contribution in [3.63, 3.8) is 0 Å². The molecule has 0 atom stereocenters. The minimum Gasteiger partial charge on any atom is -0.484 e. The molecule has 0 aromatic rings. The lowest BCUT2D eigenvalue weighted by molar-refractivity contribution is -0.151. The molecular weight excluding hydrogens is 492 g/mol. The van der Waals surface area contributed by atoms with Crippen molar-refractivity contribution in [2.24, 2.45) is 28.7 Å². The van der Waals surface area contributed by atoms with Crippen LogP contribution in [0.25, 0.3) is 0 Å². The first kappa shape index (κ1) is 44.4. The molecule has 0 unspecified atom stereocenters. The molecule has 7 heteroatoms. The fourth-order valence-corrected chi connectivity index (χ4v) is 2.47. The number of nitrogens with zero attached hydrogens (tertiary/aromatic N) is 2. The topological polar surface area (TPSA) is 77.4 Å². The van der Waals surface area contributed by atoms with Gasteiger partial charge >= 0.3 is 5.97 Å². The van der Waals surface area contributed by atoms with Crippen LogP contribution in [0, 0.1) is 23.7 Å². The molecule has 0 rings (SSSR count). The van der Waals surface area contributed by atoms with Crippen LogP contribution < -0.4 is 0 Å². The van der Waals surface area contributed by atoms with Gasteiger partial charge in [0.15, 0.2) is 5.90 Å². The van der Waals surface area contributed by atoms with Crippen LogP contribution in [0.15, 0.2) is 4.99 Å². The minimum atomic E-state index is -0.120. The summed E-state index contributed by atoms with van der Waals surface area (Å²) >= 11 is 0. The van der Waals surface area contributed by atoms with Gasteiger partial charge in [-0.25, -0.2) is 0 Å². The monoisotopic (exact) mass is 561 g/mol. The number of esters is 1. The van der Waals surface area contributed by atoms with Gasteiger partial charge in [-0.2, -0.15) is 0 Å². The van der Waals surface area contributed by atoms with Crippen molar-refractivity contribution in [1.29, 1.82) is 0 Å². The molecule has 0 aliphatic rings. The summed E-state index contributed by atoms with van der Waals surface area (Å²) in [5.41, 5.74) is 0.0220. The lowest BCUT2D eigenvalue weighted by Gasteiger charge is -2.31. The highest BCUT2D eigenvalue weighted by Gasteiger charge is 2.23. The Hall–Kier alpha value is -1.63. The van der Waals surface area contributed by atoms with E-state index in [0.29, 0.717) is 30.0 Å². The fourth-order valence-electron chi connectivity index (χ4n) is 2.47. The molecule has 0 spiro atoms. The lowest BCUT2D eigenvalue weighted by atomic mass is 9.94. The maximum absolute atomic E-state index is 11.2. The molecule has 0 aliphatic heterocycles. The lowest BCUT2D eigenvalue weighted by Crippen LogP contribution is -2.35. The molecule has 0 N–H and O–H groups in total. The minimum absolute atomic E-state index is 0.00704. The zero-order valence-corrected chi connectivity index (χ0v) is 29.6. The van der Waals surface area contributed by atoms with Gasteiger partial charge < -0.3 is 19.1 Å². The Labute approximate surface area is 243 Å². The number of hydrogen-bond acceptors (Lipinski definition) is 6. The van der Waals surface area contributed by atoms with Crippen molar-refractivity contribution < 1.29 is 23.8 Å². The van der Waals surface area contributed by atoms with Crippen molar-refractivity contribution in [3.05, 3.63) is 0 Å². The largest absolute Gasteiger partial charge is 0.484 e. The van der Waals surface area contributed by atoms with Gasteiger partial charge in [-0.3, -0.25) is 14.6 Å². The average molecular weight is 561 g/mol. The van der Waals surface area contributed by atoms with Crippen LogP contribution in [0.4, 0.5) is 0 Å². The van der Waals surface area contributed by atoms with Gasteiger partial charge in [-0.1, -0.05) is 55.4 Å². The molecule has 39 heavy (non-hydrogen) atoms. The number of rotatable bonds is 9. The zero-order valence-electron chi connectivity index (χ0n) is 29.6. The van der Waals surface area contributed by atoms with Gasteiger partial charge in [-0.15, -0.1) is 0 Å². The second-order valence-electron chi connectivity index (χ2n) is 12.7. The van der Waals surface area contributed by atoms with Gasteiger partial charge in [-0.05, 0) is 75.2 Å². The van der Waals surface area contributed by atoms with E-state index in [1.54, 1.807) is 12.0 Å². The summed E-state index contributed by atoms with van der Waals surface area (Å²) in [6, 6.07) is 0.646. The normalized spacial score (nSPS) is 11.8. The highest BCUT2D eigenvalue weighted by atomic mass is 16.5. The molecule has 0 heterocycles. The Kier molecular flexibility index (Phi) is 26.3. The molecule has 236 valence electrons. The number of carbonyl (C=O) groups is 2. The first-order chi connectivity index (χ1) is 17.4. The summed E-state index contributed by atoms with van der Waals surface area (Å²) in [6.45, 7) is 36.2. The van der Waals surface area contributed by atoms with E-state index in [4.69, 9.17) is 14.2 Å². The van der Waals surface area contributed by atoms with Crippen LogP contribution in [-0.4, -0.2) is 66.7 Å². The van der Waals surface area contributed by atoms with Crippen molar-refractivity contribution in [3.8, 4) is 0 Å². The molecule has 0 aromatic carbocycles. The third kappa shape index (κ3) is 27.7. The predicted molar refractivity (Wildman–Crippen MR) is 168 cm³/mol. The standard InChI is InChI=1S/C9H20O.2C8H17NO.C7H14O2/c1-7(2)9(5,6)10-8(3)4;1-6(2)8(10-5)9-7(3)4;1-6(2)8(10)9(5)7(3)4;1-5(2)7(8)9-6(3)4/h7-8H,1-6H3;2*6-7H,1-5H3;5-6H,1-4H3. The molecule has 0 fully saturated rings.